The zero-order valence-electron chi connectivity index (χ0n) is 25.1. The van der Waals surface area contributed by atoms with Crippen molar-refractivity contribution in [2.75, 3.05) is 18.0 Å². The average molecular weight is 681 g/mol. The summed E-state index contributed by atoms with van der Waals surface area (Å²) >= 11 is 2.57. The number of hydrogen-bond donors (Lipinski definition) is 3. The number of carbonyl (C=O) groups excluding carboxylic acids is 5. The van der Waals surface area contributed by atoms with Gasteiger partial charge in [-0.2, -0.15) is 4.57 Å². The predicted octanol–water partition coefficient (Wildman–Crippen LogP) is -0.967. The summed E-state index contributed by atoms with van der Waals surface area (Å²) in [5, 5.41) is 20.3. The molecule has 5 heterocycles. The van der Waals surface area contributed by atoms with E-state index in [0.29, 0.717) is 54.3 Å². The fourth-order valence-electron chi connectivity index (χ4n) is 6.21. The molecule has 246 valence electrons. The van der Waals surface area contributed by atoms with Crippen LogP contribution in [-0.4, -0.2) is 74.3 Å². The molecule has 1 saturated carbocycles. The number of nitrogens with zero attached hydrogens (tertiary/aromatic N) is 5. The number of likely N-dealkylation sites (tertiary alicyclic amines) is 1. The van der Waals surface area contributed by atoms with Gasteiger partial charge in [0.25, 0.3) is 17.7 Å². The maximum absolute atomic E-state index is 13.2. The van der Waals surface area contributed by atoms with Crippen LogP contribution in [0.1, 0.15) is 43.4 Å². The van der Waals surface area contributed by atoms with Gasteiger partial charge in [-0.3, -0.25) is 24.1 Å². The average Bonchev–Trinajstić information content (AvgIpc) is 3.78. The predicted molar refractivity (Wildman–Crippen MR) is 167 cm³/mol. The molecule has 4 amide bonds. The maximum atomic E-state index is 13.2. The van der Waals surface area contributed by atoms with Crippen LogP contribution in [0.4, 0.5) is 5.13 Å². The molecule has 0 spiro atoms. The maximum Gasteiger partial charge on any atom is 0.283 e. The number of nitrogens with two attached hydrogens (primary N) is 2. The number of nitrogen functional groups attached to an aromatic ring is 1. The fourth-order valence-corrected chi connectivity index (χ4v) is 8.16. The number of aromatic nitrogens is 2. The Hall–Kier alpha value is -4.77. The number of carbonyl (C=O) groups is 5. The van der Waals surface area contributed by atoms with Crippen molar-refractivity contribution in [1.82, 2.24) is 20.1 Å². The third kappa shape index (κ3) is 6.58. The van der Waals surface area contributed by atoms with E-state index in [-0.39, 0.29) is 23.9 Å². The number of anilines is 1. The SMILES string of the molecule is NC(=O)C[n+]1ccc(CN2CC/C(=C\C3=C(C(=O)[O-])N4C(=O)[C@@H](NC(=O)/C=N\OC5(c6csc(N)n6)CCCC5)[C@H]4SC3)C2=O)cc1. The third-order valence-corrected chi connectivity index (χ3v) is 10.5. The van der Waals surface area contributed by atoms with Gasteiger partial charge in [0.15, 0.2) is 23.1 Å². The van der Waals surface area contributed by atoms with Gasteiger partial charge < -0.3 is 36.4 Å². The Morgan fingerprint density at radius 2 is 1.98 bits per heavy atom. The zero-order chi connectivity index (χ0) is 33.3. The van der Waals surface area contributed by atoms with Gasteiger partial charge in [-0.25, -0.2) is 4.98 Å². The molecule has 17 heteroatoms. The van der Waals surface area contributed by atoms with E-state index in [1.54, 1.807) is 34.0 Å². The molecule has 4 aliphatic rings. The van der Waals surface area contributed by atoms with E-state index < -0.39 is 40.7 Å². The van der Waals surface area contributed by atoms with Gasteiger partial charge in [0.05, 0.1) is 17.4 Å². The van der Waals surface area contributed by atoms with Crippen molar-refractivity contribution in [1.29, 1.82) is 0 Å². The minimum absolute atomic E-state index is 0.0475. The molecular weight excluding hydrogens is 649 g/mol. The summed E-state index contributed by atoms with van der Waals surface area (Å²) < 4.78 is 1.63. The van der Waals surface area contributed by atoms with E-state index in [0.717, 1.165) is 29.5 Å². The van der Waals surface area contributed by atoms with Crippen molar-refractivity contribution in [3.05, 3.63) is 64.1 Å². The monoisotopic (exact) mass is 680 g/mol. The molecule has 15 nitrogen and oxygen atoms in total. The van der Waals surface area contributed by atoms with Crippen molar-refractivity contribution in [3.63, 3.8) is 0 Å². The molecule has 0 unspecified atom stereocenters. The van der Waals surface area contributed by atoms with E-state index in [1.165, 1.54) is 29.2 Å². The molecule has 2 atom stereocenters. The van der Waals surface area contributed by atoms with Crippen LogP contribution in [0.5, 0.6) is 0 Å². The van der Waals surface area contributed by atoms with Crippen molar-refractivity contribution in [2.45, 2.75) is 62.2 Å². The zero-order valence-corrected chi connectivity index (χ0v) is 26.8. The van der Waals surface area contributed by atoms with Gasteiger partial charge in [-0.1, -0.05) is 5.16 Å². The lowest BCUT2D eigenvalue weighted by Crippen LogP contribution is -2.71. The Morgan fingerprint density at radius 1 is 1.23 bits per heavy atom. The Kier molecular flexibility index (Phi) is 9.01. The van der Waals surface area contributed by atoms with Crippen molar-refractivity contribution in [3.8, 4) is 0 Å². The Morgan fingerprint density at radius 3 is 2.64 bits per heavy atom. The molecule has 0 aromatic carbocycles. The number of β-lactam (4-membered cyclic amide) rings is 1. The number of pyridine rings is 1. The number of oxime groups is 1. The van der Waals surface area contributed by atoms with Crippen LogP contribution in [0.25, 0.3) is 0 Å². The molecule has 2 aromatic rings. The number of rotatable bonds is 11. The van der Waals surface area contributed by atoms with E-state index in [2.05, 4.69) is 15.5 Å². The smallest absolute Gasteiger partial charge is 0.283 e. The molecular formula is C30H32N8O7S2. The molecule has 2 aromatic heterocycles. The lowest BCUT2D eigenvalue weighted by atomic mass is 9.99. The summed E-state index contributed by atoms with van der Waals surface area (Å²) in [6.07, 6.45) is 9.48. The number of fused-ring (bicyclic) bond motifs is 1. The minimum Gasteiger partial charge on any atom is -0.543 e. The van der Waals surface area contributed by atoms with E-state index in [4.69, 9.17) is 16.3 Å². The second-order valence-corrected chi connectivity index (χ2v) is 13.6. The number of primary amides is 1. The van der Waals surface area contributed by atoms with Crippen LogP contribution in [-0.2, 0) is 47.5 Å². The number of nitrogens with one attached hydrogen (secondary N) is 1. The summed E-state index contributed by atoms with van der Waals surface area (Å²) in [6.45, 7) is 0.815. The van der Waals surface area contributed by atoms with Crippen LogP contribution in [0, 0.1) is 0 Å². The molecule has 0 bridgehead atoms. The molecule has 3 aliphatic heterocycles. The quantitative estimate of drug-likeness (QED) is 0.0868. The molecule has 3 fully saturated rings. The van der Waals surface area contributed by atoms with Crippen LogP contribution < -0.4 is 26.5 Å². The lowest BCUT2D eigenvalue weighted by Gasteiger charge is -2.50. The Balaban J connectivity index is 1.08. The summed E-state index contributed by atoms with van der Waals surface area (Å²) in [4.78, 5) is 75.2. The van der Waals surface area contributed by atoms with Crippen molar-refractivity contribution < 1.29 is 38.5 Å². The van der Waals surface area contributed by atoms with Gasteiger partial charge in [0.2, 0.25) is 12.5 Å². The second kappa shape index (κ2) is 13.2. The number of carboxylic acids is 1. The van der Waals surface area contributed by atoms with Crippen molar-refractivity contribution >= 4 is 64.0 Å². The van der Waals surface area contributed by atoms with Crippen molar-refractivity contribution in [2.24, 2.45) is 10.9 Å². The summed E-state index contributed by atoms with van der Waals surface area (Å²) in [6, 6.07) is 2.61. The number of carboxylic acid groups (broad SMARTS) is 1. The fraction of sp³-hybridized carbons (Fsp3) is 0.400. The molecule has 1 aliphatic carbocycles. The largest absolute Gasteiger partial charge is 0.543 e. The Bertz CT molecular complexity index is 1710. The Labute approximate surface area is 277 Å². The molecule has 6 rings (SSSR count). The highest BCUT2D eigenvalue weighted by Gasteiger charge is 2.52. The van der Waals surface area contributed by atoms with Crippen LogP contribution in [0.2, 0.25) is 0 Å². The normalized spacial score (nSPS) is 22.9. The first-order valence-electron chi connectivity index (χ1n) is 14.9. The molecule has 47 heavy (non-hydrogen) atoms. The number of amides is 4. The molecule has 5 N–H and O–H groups in total. The molecule has 2 saturated heterocycles. The number of hydrogen-bond acceptors (Lipinski definition) is 12. The van der Waals surface area contributed by atoms with Gasteiger partial charge in [0, 0.05) is 41.9 Å². The van der Waals surface area contributed by atoms with Gasteiger partial charge in [0.1, 0.15) is 17.6 Å². The minimum atomic E-state index is -1.55. The van der Waals surface area contributed by atoms with Crippen LogP contribution in [0.15, 0.2) is 58.0 Å². The van der Waals surface area contributed by atoms with Crippen LogP contribution in [0.3, 0.4) is 0 Å². The standard InChI is InChI=1S/C30H32N8O7S2/c31-21(39)14-36-8-3-17(4-9-36)13-37-10-5-18(25(37)41)11-19-15-46-27-23(26(42)38(27)24(19)28(43)44)35-22(40)12-33-45-30(6-1-2-7-30)20-16-47-29(32)34-20/h3-4,8-9,11-12,16,23,27H,1-2,5-7,10,13-15H2,(H5-,31,32,34,35,39,40,43,44)/b18-11+,33-12-/t23-,27-/m1/s1. The topological polar surface area (TPSA) is 217 Å². The number of thiazole rings is 1. The highest BCUT2D eigenvalue weighted by molar-refractivity contribution is 8.00. The van der Waals surface area contributed by atoms with E-state index >= 15 is 0 Å². The first kappa shape index (κ1) is 32.2. The first-order valence-corrected chi connectivity index (χ1v) is 16.9. The third-order valence-electron chi connectivity index (χ3n) is 8.52. The summed E-state index contributed by atoms with van der Waals surface area (Å²) in [5.41, 5.74) is 12.2. The second-order valence-electron chi connectivity index (χ2n) is 11.6. The number of thioether (sulfide) groups is 1. The summed E-state index contributed by atoms with van der Waals surface area (Å²) in [7, 11) is 0. The lowest BCUT2D eigenvalue weighted by molar-refractivity contribution is -0.684. The van der Waals surface area contributed by atoms with Crippen LogP contribution >= 0.6 is 23.1 Å². The molecule has 0 radical (unpaired) electrons. The van der Waals surface area contributed by atoms with Gasteiger partial charge >= 0.3 is 0 Å². The van der Waals surface area contributed by atoms with Gasteiger partial charge in [-0.15, -0.1) is 23.1 Å². The van der Waals surface area contributed by atoms with E-state index in [1.807, 2.05) is 5.38 Å². The number of aliphatic carboxylic acids is 1. The number of allylic oxidation sites excluding steroid dienone is 1. The highest BCUT2D eigenvalue weighted by Crippen LogP contribution is 2.43. The first-order chi connectivity index (χ1) is 22.5. The van der Waals surface area contributed by atoms with E-state index in [9.17, 15) is 29.1 Å². The summed E-state index contributed by atoms with van der Waals surface area (Å²) in [5.74, 6) is -3.34. The highest BCUT2D eigenvalue weighted by atomic mass is 32.2. The van der Waals surface area contributed by atoms with Gasteiger partial charge in [-0.05, 0) is 49.3 Å².